The molecule has 3 nitrogen and oxygen atoms in total. The summed E-state index contributed by atoms with van der Waals surface area (Å²) in [6.45, 7) is 6.05. The number of nitrogens with two attached hydrogens (primary N) is 1. The Balaban J connectivity index is 2.82. The minimum absolute atomic E-state index is 0.0820. The van der Waals surface area contributed by atoms with Crippen LogP contribution >= 0.6 is 0 Å². The Bertz CT molecular complexity index is 374. The van der Waals surface area contributed by atoms with Gasteiger partial charge in [-0.15, -0.1) is 6.58 Å². The highest BCUT2D eigenvalue weighted by Gasteiger charge is 2.14. The van der Waals surface area contributed by atoms with Crippen molar-refractivity contribution in [2.45, 2.75) is 19.4 Å². The minimum Gasteiger partial charge on any atom is -0.494 e. The summed E-state index contributed by atoms with van der Waals surface area (Å²) in [6, 6.07) is 6.55. The summed E-state index contributed by atoms with van der Waals surface area (Å²) in [5.41, 5.74) is 6.31. The lowest BCUT2D eigenvalue weighted by Gasteiger charge is -2.09. The van der Waals surface area contributed by atoms with Crippen LogP contribution in [0.25, 0.3) is 0 Å². The highest BCUT2D eigenvalue weighted by Crippen LogP contribution is 2.15. The third-order valence-corrected chi connectivity index (χ3v) is 2.19. The molecule has 0 saturated carbocycles. The zero-order valence-corrected chi connectivity index (χ0v) is 9.48. The van der Waals surface area contributed by atoms with Crippen LogP contribution in [0.4, 0.5) is 0 Å². The van der Waals surface area contributed by atoms with E-state index in [1.165, 1.54) is 0 Å². The maximum absolute atomic E-state index is 11.9. The van der Waals surface area contributed by atoms with E-state index in [4.69, 9.17) is 10.5 Å². The molecular weight excluding hydrogens is 202 g/mol. The molecule has 1 unspecified atom stereocenters. The second kappa shape index (κ2) is 6.08. The molecule has 0 spiro atoms. The molecule has 2 N–H and O–H groups in total. The highest BCUT2D eigenvalue weighted by atomic mass is 16.5. The normalized spacial score (nSPS) is 11.9. The third kappa shape index (κ3) is 3.21. The van der Waals surface area contributed by atoms with Gasteiger partial charge >= 0.3 is 0 Å². The molecule has 0 saturated heterocycles. The number of ether oxygens (including phenoxy) is 1. The Hall–Kier alpha value is -1.61. The Morgan fingerprint density at radius 1 is 1.62 bits per heavy atom. The number of ketones is 1. The number of benzene rings is 1. The molecule has 0 aliphatic heterocycles. The average Bonchev–Trinajstić information content (AvgIpc) is 2.29. The van der Waals surface area contributed by atoms with E-state index in [0.717, 1.165) is 0 Å². The molecule has 1 atom stereocenters. The zero-order chi connectivity index (χ0) is 12.0. The summed E-state index contributed by atoms with van der Waals surface area (Å²) in [6.07, 6.45) is 2.13. The van der Waals surface area contributed by atoms with Gasteiger partial charge in [-0.25, -0.2) is 0 Å². The van der Waals surface area contributed by atoms with Crippen LogP contribution in [0, 0.1) is 0 Å². The maximum Gasteiger partial charge on any atom is 0.179 e. The van der Waals surface area contributed by atoms with Gasteiger partial charge in [0.15, 0.2) is 5.78 Å². The van der Waals surface area contributed by atoms with E-state index in [1.807, 2.05) is 13.0 Å². The van der Waals surface area contributed by atoms with Gasteiger partial charge in [0.05, 0.1) is 12.6 Å². The van der Waals surface area contributed by atoms with Crippen LogP contribution in [0.15, 0.2) is 36.9 Å². The quantitative estimate of drug-likeness (QED) is 0.589. The molecule has 3 heteroatoms. The van der Waals surface area contributed by atoms with E-state index >= 15 is 0 Å². The van der Waals surface area contributed by atoms with Crippen molar-refractivity contribution in [3.05, 3.63) is 42.5 Å². The first-order chi connectivity index (χ1) is 7.69. The van der Waals surface area contributed by atoms with E-state index < -0.39 is 6.04 Å². The van der Waals surface area contributed by atoms with Crippen LogP contribution in [-0.4, -0.2) is 18.4 Å². The van der Waals surface area contributed by atoms with Gasteiger partial charge in [0, 0.05) is 5.56 Å². The van der Waals surface area contributed by atoms with Crippen molar-refractivity contribution in [3.8, 4) is 5.75 Å². The van der Waals surface area contributed by atoms with Crippen molar-refractivity contribution in [2.24, 2.45) is 5.73 Å². The monoisotopic (exact) mass is 219 g/mol. The van der Waals surface area contributed by atoms with Gasteiger partial charge < -0.3 is 10.5 Å². The predicted octanol–water partition coefficient (Wildman–Crippen LogP) is 2.17. The largest absolute Gasteiger partial charge is 0.494 e. The second-order valence-electron chi connectivity index (χ2n) is 3.46. The van der Waals surface area contributed by atoms with E-state index in [1.54, 1.807) is 24.3 Å². The molecule has 1 aromatic carbocycles. The van der Waals surface area contributed by atoms with E-state index in [2.05, 4.69) is 6.58 Å². The molecule has 0 radical (unpaired) electrons. The Kier molecular flexibility index (Phi) is 4.73. The molecule has 0 amide bonds. The lowest BCUT2D eigenvalue weighted by atomic mass is 10.0. The molecule has 16 heavy (non-hydrogen) atoms. The van der Waals surface area contributed by atoms with E-state index in [9.17, 15) is 4.79 Å². The molecule has 0 aliphatic carbocycles. The Morgan fingerprint density at radius 2 is 2.38 bits per heavy atom. The first-order valence-electron chi connectivity index (χ1n) is 5.32. The van der Waals surface area contributed by atoms with Gasteiger partial charge in [0.25, 0.3) is 0 Å². The van der Waals surface area contributed by atoms with E-state index in [-0.39, 0.29) is 5.78 Å². The second-order valence-corrected chi connectivity index (χ2v) is 3.46. The fraction of sp³-hybridized carbons (Fsp3) is 0.308. The fourth-order valence-corrected chi connectivity index (χ4v) is 1.41. The summed E-state index contributed by atoms with van der Waals surface area (Å²) in [4.78, 5) is 11.9. The average molecular weight is 219 g/mol. The lowest BCUT2D eigenvalue weighted by Crippen LogP contribution is -2.29. The maximum atomic E-state index is 11.9. The number of carbonyl (C=O) groups is 1. The first kappa shape index (κ1) is 12.5. The summed E-state index contributed by atoms with van der Waals surface area (Å²) < 4.78 is 5.32. The Morgan fingerprint density at radius 3 is 3.00 bits per heavy atom. The number of rotatable bonds is 6. The fourth-order valence-electron chi connectivity index (χ4n) is 1.41. The van der Waals surface area contributed by atoms with Crippen molar-refractivity contribution in [2.75, 3.05) is 6.61 Å². The molecule has 1 rings (SSSR count). The zero-order valence-electron chi connectivity index (χ0n) is 9.48. The summed E-state index contributed by atoms with van der Waals surface area (Å²) in [5.74, 6) is 0.612. The number of hydrogen-bond acceptors (Lipinski definition) is 3. The van der Waals surface area contributed by atoms with Crippen molar-refractivity contribution in [3.63, 3.8) is 0 Å². The smallest absolute Gasteiger partial charge is 0.179 e. The minimum atomic E-state index is -0.519. The SMILES string of the molecule is C=CCC(N)C(=O)c1cccc(OCC)c1. The van der Waals surface area contributed by atoms with Crippen molar-refractivity contribution in [1.82, 2.24) is 0 Å². The molecule has 0 aliphatic rings. The van der Waals surface area contributed by atoms with Gasteiger partial charge in [-0.3, -0.25) is 4.79 Å². The number of hydrogen-bond donors (Lipinski definition) is 1. The first-order valence-corrected chi connectivity index (χ1v) is 5.32. The number of carbonyl (C=O) groups excluding carboxylic acids is 1. The van der Waals surface area contributed by atoms with Crippen LogP contribution in [-0.2, 0) is 0 Å². The van der Waals surface area contributed by atoms with Crippen LogP contribution in [0.5, 0.6) is 5.75 Å². The summed E-state index contributed by atoms with van der Waals surface area (Å²) in [7, 11) is 0. The van der Waals surface area contributed by atoms with Crippen LogP contribution < -0.4 is 10.5 Å². The molecule has 0 aromatic heterocycles. The molecule has 86 valence electrons. The van der Waals surface area contributed by atoms with Crippen LogP contribution in [0.2, 0.25) is 0 Å². The van der Waals surface area contributed by atoms with Gasteiger partial charge in [-0.2, -0.15) is 0 Å². The van der Waals surface area contributed by atoms with Gasteiger partial charge in [-0.1, -0.05) is 18.2 Å². The molecule has 0 fully saturated rings. The standard InChI is InChI=1S/C13H17NO2/c1-3-6-12(14)13(15)10-7-5-8-11(9-10)16-4-2/h3,5,7-9,12H,1,4,6,14H2,2H3. The third-order valence-electron chi connectivity index (χ3n) is 2.19. The van der Waals surface area contributed by atoms with E-state index in [0.29, 0.717) is 24.3 Å². The van der Waals surface area contributed by atoms with Crippen molar-refractivity contribution in [1.29, 1.82) is 0 Å². The van der Waals surface area contributed by atoms with Crippen LogP contribution in [0.1, 0.15) is 23.7 Å². The van der Waals surface area contributed by atoms with Crippen LogP contribution in [0.3, 0.4) is 0 Å². The number of Topliss-reactive ketones (excluding diaryl/α,β-unsaturated/α-hetero) is 1. The topological polar surface area (TPSA) is 52.3 Å². The molecule has 0 heterocycles. The summed E-state index contributed by atoms with van der Waals surface area (Å²) in [5, 5.41) is 0. The molecule has 1 aromatic rings. The van der Waals surface area contributed by atoms with Crippen molar-refractivity contribution >= 4 is 5.78 Å². The van der Waals surface area contributed by atoms with Gasteiger partial charge in [-0.05, 0) is 25.5 Å². The molecular formula is C13H17NO2. The summed E-state index contributed by atoms with van der Waals surface area (Å²) >= 11 is 0. The predicted molar refractivity (Wildman–Crippen MR) is 64.7 cm³/mol. The highest BCUT2D eigenvalue weighted by molar-refractivity contribution is 6.00. The van der Waals surface area contributed by atoms with Gasteiger partial charge in [0.1, 0.15) is 5.75 Å². The Labute approximate surface area is 95.9 Å². The molecule has 0 bridgehead atoms. The van der Waals surface area contributed by atoms with Crippen molar-refractivity contribution < 1.29 is 9.53 Å². The lowest BCUT2D eigenvalue weighted by molar-refractivity contribution is 0.0961. The van der Waals surface area contributed by atoms with Gasteiger partial charge in [0.2, 0.25) is 0 Å².